The molecule has 1 amide bonds. The van der Waals surface area contributed by atoms with E-state index >= 15 is 0 Å². The number of hydrogen-bond donors (Lipinski definition) is 1. The lowest BCUT2D eigenvalue weighted by molar-refractivity contribution is 0.0819. The Kier molecular flexibility index (Phi) is 3.19. The van der Waals surface area contributed by atoms with Crippen LogP contribution in [0.4, 0.5) is 0 Å². The Hall–Kier alpha value is -1.36. The average Bonchev–Trinajstić information content (AvgIpc) is 2.85. The minimum atomic E-state index is -0.0199. The van der Waals surface area contributed by atoms with Crippen LogP contribution >= 0.6 is 0 Å². The first kappa shape index (κ1) is 12.1. The highest BCUT2D eigenvalue weighted by Crippen LogP contribution is 2.26. The van der Waals surface area contributed by atoms with Gasteiger partial charge < -0.3 is 4.90 Å². The summed E-state index contributed by atoms with van der Waals surface area (Å²) >= 11 is 0. The second-order valence-electron chi connectivity index (χ2n) is 4.89. The number of H-pyrrole nitrogens is 1. The number of aromatic amines is 1. The van der Waals surface area contributed by atoms with E-state index in [1.54, 1.807) is 19.0 Å². The molecule has 17 heavy (non-hydrogen) atoms. The first-order chi connectivity index (χ1) is 8.04. The van der Waals surface area contributed by atoms with Crippen molar-refractivity contribution in [3.8, 4) is 0 Å². The predicted octanol–water partition coefficient (Wildman–Crippen LogP) is 1.23. The van der Waals surface area contributed by atoms with Gasteiger partial charge in [0.1, 0.15) is 0 Å². The van der Waals surface area contributed by atoms with Crippen molar-refractivity contribution in [2.24, 2.45) is 0 Å². The van der Waals surface area contributed by atoms with Crippen molar-refractivity contribution in [2.75, 3.05) is 14.1 Å². The van der Waals surface area contributed by atoms with Gasteiger partial charge in [-0.05, 0) is 13.3 Å². The number of amides is 1. The molecule has 1 aliphatic rings. The quantitative estimate of drug-likeness (QED) is 0.858. The van der Waals surface area contributed by atoms with Gasteiger partial charge in [0.25, 0.3) is 5.91 Å². The Morgan fingerprint density at radius 1 is 1.53 bits per heavy atom. The first-order valence-electron chi connectivity index (χ1n) is 6.06. The summed E-state index contributed by atoms with van der Waals surface area (Å²) in [7, 11) is 3.51. The second kappa shape index (κ2) is 4.49. The fourth-order valence-electron chi connectivity index (χ4n) is 2.12. The third-order valence-electron chi connectivity index (χ3n) is 3.50. The maximum Gasteiger partial charge on any atom is 0.274 e. The molecule has 2 rings (SSSR count). The van der Waals surface area contributed by atoms with Gasteiger partial charge in [0.15, 0.2) is 5.69 Å². The Bertz CT molecular complexity index is 424. The number of carbonyl (C=O) groups is 1. The Labute approximate surface area is 102 Å². The first-order valence-corrected chi connectivity index (χ1v) is 6.06. The summed E-state index contributed by atoms with van der Waals surface area (Å²) in [5, 5.41) is 7.13. The Morgan fingerprint density at radius 2 is 2.24 bits per heavy atom. The summed E-state index contributed by atoms with van der Waals surface area (Å²) in [5.41, 5.74) is 2.75. The molecule has 0 aliphatic carbocycles. The minimum absolute atomic E-state index is 0.0199. The molecule has 0 fully saturated rings. The van der Waals surface area contributed by atoms with Gasteiger partial charge in [0, 0.05) is 38.8 Å². The summed E-state index contributed by atoms with van der Waals surface area (Å²) in [6.07, 6.45) is 1.12. The van der Waals surface area contributed by atoms with Crippen LogP contribution in [0.3, 0.4) is 0 Å². The van der Waals surface area contributed by atoms with E-state index in [4.69, 9.17) is 0 Å². The van der Waals surface area contributed by atoms with E-state index in [1.165, 1.54) is 0 Å². The molecular formula is C12H20N4O. The van der Waals surface area contributed by atoms with E-state index in [0.717, 1.165) is 30.8 Å². The molecule has 1 unspecified atom stereocenters. The summed E-state index contributed by atoms with van der Waals surface area (Å²) in [6, 6.07) is 0.540. The highest BCUT2D eigenvalue weighted by molar-refractivity contribution is 5.93. The van der Waals surface area contributed by atoms with Crippen LogP contribution in [-0.4, -0.2) is 46.0 Å². The molecule has 94 valence electrons. The topological polar surface area (TPSA) is 52.2 Å². The summed E-state index contributed by atoms with van der Waals surface area (Å²) in [5.74, 6) is -0.0199. The largest absolute Gasteiger partial charge is 0.343 e. The molecule has 2 heterocycles. The lowest BCUT2D eigenvalue weighted by Crippen LogP contribution is -2.28. The molecule has 1 aliphatic heterocycles. The molecule has 0 spiro atoms. The molecule has 0 aromatic carbocycles. The van der Waals surface area contributed by atoms with Crippen molar-refractivity contribution in [2.45, 2.75) is 39.4 Å². The molecule has 5 nitrogen and oxygen atoms in total. The SMILES string of the molecule is CCC(C)N1Cc2[nH]nc(C(=O)N(C)C)c2C1. The molecule has 0 saturated heterocycles. The fraction of sp³-hybridized carbons (Fsp3) is 0.667. The van der Waals surface area contributed by atoms with Crippen LogP contribution in [0.15, 0.2) is 0 Å². The Balaban J connectivity index is 2.20. The van der Waals surface area contributed by atoms with E-state index in [9.17, 15) is 4.79 Å². The number of carbonyl (C=O) groups excluding carboxylic acids is 1. The molecule has 1 aromatic heterocycles. The highest BCUT2D eigenvalue weighted by atomic mass is 16.2. The van der Waals surface area contributed by atoms with Crippen molar-refractivity contribution in [3.05, 3.63) is 17.0 Å². The van der Waals surface area contributed by atoms with Crippen LogP contribution < -0.4 is 0 Å². The zero-order valence-electron chi connectivity index (χ0n) is 10.9. The van der Waals surface area contributed by atoms with E-state index in [0.29, 0.717) is 11.7 Å². The van der Waals surface area contributed by atoms with Crippen LogP contribution in [0, 0.1) is 0 Å². The van der Waals surface area contributed by atoms with Crippen LogP contribution in [-0.2, 0) is 13.1 Å². The molecule has 0 radical (unpaired) electrons. The van der Waals surface area contributed by atoms with Gasteiger partial charge in [0.2, 0.25) is 0 Å². The van der Waals surface area contributed by atoms with Crippen molar-refractivity contribution in [3.63, 3.8) is 0 Å². The molecule has 5 heteroatoms. The maximum absolute atomic E-state index is 11.9. The molecule has 0 saturated carbocycles. The van der Waals surface area contributed by atoms with Gasteiger partial charge in [-0.15, -0.1) is 0 Å². The number of aromatic nitrogens is 2. The summed E-state index contributed by atoms with van der Waals surface area (Å²) < 4.78 is 0. The zero-order chi connectivity index (χ0) is 12.6. The van der Waals surface area contributed by atoms with Crippen LogP contribution in [0.1, 0.15) is 42.0 Å². The predicted molar refractivity (Wildman–Crippen MR) is 65.6 cm³/mol. The standard InChI is InChI=1S/C12H20N4O/c1-5-8(2)16-6-9-10(7-16)13-14-11(9)12(17)15(3)4/h8H,5-7H2,1-4H3,(H,13,14). The van der Waals surface area contributed by atoms with Crippen LogP contribution in [0.5, 0.6) is 0 Å². The fourth-order valence-corrected chi connectivity index (χ4v) is 2.12. The van der Waals surface area contributed by atoms with E-state index in [2.05, 4.69) is 28.9 Å². The molecule has 1 aromatic rings. The number of nitrogens with one attached hydrogen (secondary N) is 1. The number of nitrogens with zero attached hydrogens (tertiary/aromatic N) is 3. The summed E-state index contributed by atoms with van der Waals surface area (Å²) in [4.78, 5) is 15.9. The maximum atomic E-state index is 11.9. The molecular weight excluding hydrogens is 216 g/mol. The van der Waals surface area contributed by atoms with Crippen LogP contribution in [0.2, 0.25) is 0 Å². The second-order valence-corrected chi connectivity index (χ2v) is 4.89. The van der Waals surface area contributed by atoms with Crippen molar-refractivity contribution in [1.29, 1.82) is 0 Å². The molecule has 1 N–H and O–H groups in total. The number of fused-ring (bicyclic) bond motifs is 1. The minimum Gasteiger partial charge on any atom is -0.343 e. The average molecular weight is 236 g/mol. The van der Waals surface area contributed by atoms with Gasteiger partial charge in [-0.25, -0.2) is 0 Å². The van der Waals surface area contributed by atoms with Crippen molar-refractivity contribution in [1.82, 2.24) is 20.0 Å². The van der Waals surface area contributed by atoms with Crippen LogP contribution in [0.25, 0.3) is 0 Å². The van der Waals surface area contributed by atoms with E-state index < -0.39 is 0 Å². The molecule has 1 atom stereocenters. The summed E-state index contributed by atoms with van der Waals surface area (Å²) in [6.45, 7) is 6.10. The van der Waals surface area contributed by atoms with Crippen molar-refractivity contribution >= 4 is 5.91 Å². The van der Waals surface area contributed by atoms with Gasteiger partial charge in [-0.2, -0.15) is 5.10 Å². The lowest BCUT2D eigenvalue weighted by Gasteiger charge is -2.22. The lowest BCUT2D eigenvalue weighted by atomic mass is 10.2. The van der Waals surface area contributed by atoms with E-state index in [-0.39, 0.29) is 5.91 Å². The number of rotatable bonds is 3. The Morgan fingerprint density at radius 3 is 2.82 bits per heavy atom. The van der Waals surface area contributed by atoms with Gasteiger partial charge >= 0.3 is 0 Å². The van der Waals surface area contributed by atoms with Gasteiger partial charge in [-0.3, -0.25) is 14.8 Å². The monoisotopic (exact) mass is 236 g/mol. The normalized spacial score (nSPS) is 16.9. The third kappa shape index (κ3) is 2.07. The number of hydrogen-bond acceptors (Lipinski definition) is 3. The van der Waals surface area contributed by atoms with Gasteiger partial charge in [0.05, 0.1) is 5.69 Å². The molecule has 0 bridgehead atoms. The smallest absolute Gasteiger partial charge is 0.274 e. The highest BCUT2D eigenvalue weighted by Gasteiger charge is 2.30. The zero-order valence-corrected chi connectivity index (χ0v) is 10.9. The van der Waals surface area contributed by atoms with Crippen molar-refractivity contribution < 1.29 is 4.79 Å². The van der Waals surface area contributed by atoms with Gasteiger partial charge in [-0.1, -0.05) is 6.92 Å². The van der Waals surface area contributed by atoms with E-state index in [1.807, 2.05) is 0 Å². The third-order valence-corrected chi connectivity index (χ3v) is 3.50.